The third-order valence-corrected chi connectivity index (χ3v) is 4.72. The third kappa shape index (κ3) is 3.21. The summed E-state index contributed by atoms with van der Waals surface area (Å²) in [6, 6.07) is 8.58. The first-order valence-corrected chi connectivity index (χ1v) is 8.35. The minimum atomic E-state index is -3.74. The van der Waals surface area contributed by atoms with Gasteiger partial charge in [-0.2, -0.15) is 0 Å². The molecule has 0 aliphatic carbocycles. The summed E-state index contributed by atoms with van der Waals surface area (Å²) in [7, 11) is -3.74. The summed E-state index contributed by atoms with van der Waals surface area (Å²) in [5.41, 5.74) is 3.11. The van der Waals surface area contributed by atoms with Crippen molar-refractivity contribution in [1.29, 1.82) is 0 Å². The summed E-state index contributed by atoms with van der Waals surface area (Å²) in [6.07, 6.45) is 4.66. The molecule has 4 N–H and O–H groups in total. The van der Waals surface area contributed by atoms with Gasteiger partial charge in [-0.1, -0.05) is 0 Å². The van der Waals surface area contributed by atoms with Crippen molar-refractivity contribution in [1.82, 2.24) is 4.98 Å². The molecule has 0 aliphatic rings. The van der Waals surface area contributed by atoms with Crippen molar-refractivity contribution < 1.29 is 8.42 Å². The third-order valence-electron chi connectivity index (χ3n) is 2.57. The first-order valence-electron chi connectivity index (χ1n) is 5.64. The molecule has 2 aromatic rings. The van der Waals surface area contributed by atoms with Crippen molar-refractivity contribution in [2.24, 2.45) is 5.84 Å². The van der Waals surface area contributed by atoms with Gasteiger partial charge >= 0.3 is 0 Å². The Bertz CT molecular complexity index is 687. The number of hydrogen-bond donors (Lipinski definition) is 3. The lowest BCUT2D eigenvalue weighted by atomic mass is 10.3. The van der Waals surface area contributed by atoms with Crippen LogP contribution in [0.25, 0.3) is 0 Å². The molecular weight excluding hydrogens is 296 g/mol. The summed E-state index contributed by atoms with van der Waals surface area (Å²) >= 11 is 1.58. The number of nitrogens with one attached hydrogen (secondary N) is 2. The van der Waals surface area contributed by atoms with E-state index in [0.717, 1.165) is 4.90 Å². The van der Waals surface area contributed by atoms with Crippen LogP contribution in [-0.4, -0.2) is 19.7 Å². The number of nitrogen functional groups attached to an aromatic ring is 1. The molecule has 106 valence electrons. The average molecular weight is 310 g/mol. The maximum atomic E-state index is 12.3. The number of nitrogens with two attached hydrogens (primary N) is 1. The monoisotopic (exact) mass is 310 g/mol. The summed E-state index contributed by atoms with van der Waals surface area (Å²) in [5.74, 6) is 5.31. The number of sulfonamides is 1. The van der Waals surface area contributed by atoms with Gasteiger partial charge in [-0.3, -0.25) is 15.5 Å². The highest BCUT2D eigenvalue weighted by Gasteiger charge is 2.18. The molecule has 0 atom stereocenters. The molecule has 0 unspecified atom stereocenters. The summed E-state index contributed by atoms with van der Waals surface area (Å²) < 4.78 is 27.1. The van der Waals surface area contributed by atoms with E-state index in [4.69, 9.17) is 5.84 Å². The number of aromatic nitrogens is 1. The molecule has 0 bridgehead atoms. The number of thioether (sulfide) groups is 1. The van der Waals surface area contributed by atoms with Crippen LogP contribution in [0.1, 0.15) is 0 Å². The molecular formula is C12H14N4O2S2. The van der Waals surface area contributed by atoms with E-state index in [1.165, 1.54) is 18.5 Å². The first-order chi connectivity index (χ1) is 9.56. The highest BCUT2D eigenvalue weighted by atomic mass is 32.2. The van der Waals surface area contributed by atoms with Crippen LogP contribution in [0.2, 0.25) is 0 Å². The Morgan fingerprint density at radius 1 is 1.20 bits per heavy atom. The Labute approximate surface area is 121 Å². The molecule has 1 aromatic carbocycles. The normalized spacial score (nSPS) is 11.1. The SMILES string of the molecule is CSc1ccc(NS(=O)(=O)c2cnccc2NN)cc1. The summed E-state index contributed by atoms with van der Waals surface area (Å²) in [4.78, 5) is 4.86. The van der Waals surface area contributed by atoms with Crippen LogP contribution in [0.4, 0.5) is 11.4 Å². The van der Waals surface area contributed by atoms with E-state index in [1.54, 1.807) is 23.9 Å². The second-order valence-electron chi connectivity index (χ2n) is 3.85. The maximum absolute atomic E-state index is 12.3. The van der Waals surface area contributed by atoms with E-state index < -0.39 is 10.0 Å². The van der Waals surface area contributed by atoms with Gasteiger partial charge in [0.1, 0.15) is 4.90 Å². The van der Waals surface area contributed by atoms with Crippen LogP contribution in [0.15, 0.2) is 52.5 Å². The maximum Gasteiger partial charge on any atom is 0.265 e. The lowest BCUT2D eigenvalue weighted by molar-refractivity contribution is 0.601. The molecule has 0 radical (unpaired) electrons. The van der Waals surface area contributed by atoms with Gasteiger partial charge in [0.2, 0.25) is 0 Å². The van der Waals surface area contributed by atoms with Gasteiger partial charge in [0, 0.05) is 23.0 Å². The van der Waals surface area contributed by atoms with Gasteiger partial charge in [0.25, 0.3) is 10.0 Å². The van der Waals surface area contributed by atoms with Crippen LogP contribution in [0.5, 0.6) is 0 Å². The predicted octanol–water partition coefficient (Wildman–Crippen LogP) is 1.89. The number of pyridine rings is 1. The molecule has 6 nitrogen and oxygen atoms in total. The van der Waals surface area contributed by atoms with Crippen LogP contribution >= 0.6 is 11.8 Å². The topological polar surface area (TPSA) is 97.1 Å². The highest BCUT2D eigenvalue weighted by molar-refractivity contribution is 7.98. The van der Waals surface area contributed by atoms with Crippen molar-refractivity contribution in [2.45, 2.75) is 9.79 Å². The molecule has 0 amide bonds. The average Bonchev–Trinajstić information content (AvgIpc) is 2.47. The molecule has 1 heterocycles. The van der Waals surface area contributed by atoms with Crippen molar-refractivity contribution in [3.05, 3.63) is 42.7 Å². The standard InChI is InChI=1S/C12H14N4O2S2/c1-19-10-4-2-9(3-5-10)16-20(17,18)12-8-14-7-6-11(12)15-13/h2-8,16H,13H2,1H3,(H,14,15). The fraction of sp³-hybridized carbons (Fsp3) is 0.0833. The van der Waals surface area contributed by atoms with Gasteiger partial charge in [0.15, 0.2) is 0 Å². The van der Waals surface area contributed by atoms with E-state index in [9.17, 15) is 8.42 Å². The van der Waals surface area contributed by atoms with Gasteiger partial charge in [0.05, 0.1) is 5.69 Å². The number of rotatable bonds is 5. The Balaban J connectivity index is 2.30. The van der Waals surface area contributed by atoms with Gasteiger partial charge in [-0.25, -0.2) is 8.42 Å². The second-order valence-corrected chi connectivity index (χ2v) is 6.38. The largest absolute Gasteiger partial charge is 0.323 e. The van der Waals surface area contributed by atoms with Crippen molar-refractivity contribution in [2.75, 3.05) is 16.4 Å². The van der Waals surface area contributed by atoms with Crippen molar-refractivity contribution in [3.63, 3.8) is 0 Å². The fourth-order valence-corrected chi connectivity index (χ4v) is 3.16. The lowest BCUT2D eigenvalue weighted by Crippen LogP contribution is -2.17. The molecule has 2 rings (SSSR count). The van der Waals surface area contributed by atoms with Crippen LogP contribution in [0.3, 0.4) is 0 Å². The van der Waals surface area contributed by atoms with Gasteiger partial charge in [-0.05, 0) is 36.6 Å². The zero-order valence-electron chi connectivity index (χ0n) is 10.7. The quantitative estimate of drug-likeness (QED) is 0.443. The summed E-state index contributed by atoms with van der Waals surface area (Å²) in [6.45, 7) is 0. The van der Waals surface area contributed by atoms with E-state index >= 15 is 0 Å². The van der Waals surface area contributed by atoms with E-state index in [1.807, 2.05) is 18.4 Å². The molecule has 0 spiro atoms. The zero-order chi connectivity index (χ0) is 14.6. The van der Waals surface area contributed by atoms with E-state index in [2.05, 4.69) is 15.1 Å². The molecule has 0 aliphatic heterocycles. The summed E-state index contributed by atoms with van der Waals surface area (Å²) in [5, 5.41) is 0. The molecule has 0 saturated carbocycles. The van der Waals surface area contributed by atoms with Gasteiger partial charge in [-0.15, -0.1) is 11.8 Å². The Hall–Kier alpha value is -1.77. The zero-order valence-corrected chi connectivity index (χ0v) is 12.3. The molecule has 1 aromatic heterocycles. The first kappa shape index (κ1) is 14.6. The number of benzene rings is 1. The second kappa shape index (κ2) is 6.12. The van der Waals surface area contributed by atoms with Crippen LogP contribution < -0.4 is 16.0 Å². The smallest absolute Gasteiger partial charge is 0.265 e. The minimum Gasteiger partial charge on any atom is -0.323 e. The van der Waals surface area contributed by atoms with Crippen LogP contribution in [-0.2, 0) is 10.0 Å². The molecule has 0 saturated heterocycles. The Morgan fingerprint density at radius 3 is 2.50 bits per heavy atom. The molecule has 20 heavy (non-hydrogen) atoms. The van der Waals surface area contributed by atoms with E-state index in [-0.39, 0.29) is 10.6 Å². The Kier molecular flexibility index (Phi) is 4.48. The highest BCUT2D eigenvalue weighted by Crippen LogP contribution is 2.23. The predicted molar refractivity (Wildman–Crippen MR) is 81.1 cm³/mol. The van der Waals surface area contributed by atoms with Crippen LogP contribution in [0, 0.1) is 0 Å². The number of hydrogen-bond acceptors (Lipinski definition) is 6. The van der Waals surface area contributed by atoms with E-state index in [0.29, 0.717) is 5.69 Å². The molecule has 0 fully saturated rings. The number of hydrazine groups is 1. The van der Waals surface area contributed by atoms with Crippen molar-refractivity contribution >= 4 is 33.2 Å². The molecule has 8 heteroatoms. The fourth-order valence-electron chi connectivity index (χ4n) is 1.58. The van der Waals surface area contributed by atoms with Crippen molar-refractivity contribution in [3.8, 4) is 0 Å². The number of nitrogens with zero attached hydrogens (tertiary/aromatic N) is 1. The number of anilines is 2. The lowest BCUT2D eigenvalue weighted by Gasteiger charge is -2.11. The Morgan fingerprint density at radius 2 is 1.90 bits per heavy atom. The van der Waals surface area contributed by atoms with Gasteiger partial charge < -0.3 is 5.43 Å². The minimum absolute atomic E-state index is 0.00329.